The summed E-state index contributed by atoms with van der Waals surface area (Å²) >= 11 is 0. The summed E-state index contributed by atoms with van der Waals surface area (Å²) in [6.45, 7) is 4.06. The summed E-state index contributed by atoms with van der Waals surface area (Å²) in [5.74, 6) is 0.623. The molecule has 0 heterocycles. The van der Waals surface area contributed by atoms with Crippen LogP contribution in [0.3, 0.4) is 0 Å². The molecule has 0 aliphatic heterocycles. The van der Waals surface area contributed by atoms with Gasteiger partial charge in [-0.3, -0.25) is 0 Å². The van der Waals surface area contributed by atoms with Crippen LogP contribution in [-0.4, -0.2) is 27.3 Å². The number of nitrogens with one attached hydrogen (secondary N) is 1. The topological polar surface area (TPSA) is 21.3 Å². The van der Waals surface area contributed by atoms with E-state index in [2.05, 4.69) is 36.5 Å². The molecular weight excluding hydrogens is 210 g/mol. The van der Waals surface area contributed by atoms with Gasteiger partial charge in [-0.05, 0) is 38.3 Å². The van der Waals surface area contributed by atoms with Gasteiger partial charge in [-0.2, -0.15) is 0 Å². The SMILES string of the molecule is CNCC(CCCCOC)c1ccc(C)cc1. The number of rotatable bonds is 8. The van der Waals surface area contributed by atoms with Gasteiger partial charge in [0.15, 0.2) is 0 Å². The Hall–Kier alpha value is -0.860. The molecule has 1 atom stereocenters. The zero-order valence-electron chi connectivity index (χ0n) is 11.3. The van der Waals surface area contributed by atoms with Crippen molar-refractivity contribution in [1.29, 1.82) is 0 Å². The van der Waals surface area contributed by atoms with Crippen molar-refractivity contribution in [2.75, 3.05) is 27.3 Å². The van der Waals surface area contributed by atoms with Gasteiger partial charge in [0.25, 0.3) is 0 Å². The molecule has 1 unspecified atom stereocenters. The van der Waals surface area contributed by atoms with E-state index in [0.29, 0.717) is 5.92 Å². The highest BCUT2D eigenvalue weighted by Crippen LogP contribution is 2.21. The van der Waals surface area contributed by atoms with Crippen molar-refractivity contribution in [3.05, 3.63) is 35.4 Å². The third-order valence-electron chi connectivity index (χ3n) is 3.15. The fraction of sp³-hybridized carbons (Fsp3) is 0.600. The van der Waals surface area contributed by atoms with Crippen LogP contribution in [0.25, 0.3) is 0 Å². The van der Waals surface area contributed by atoms with Crippen LogP contribution in [0, 0.1) is 6.92 Å². The molecule has 1 aromatic rings. The molecular formula is C15H25NO. The molecule has 0 saturated carbocycles. The molecule has 2 heteroatoms. The maximum absolute atomic E-state index is 5.09. The first-order valence-corrected chi connectivity index (χ1v) is 6.48. The zero-order chi connectivity index (χ0) is 12.5. The van der Waals surface area contributed by atoms with Gasteiger partial charge in [0.05, 0.1) is 0 Å². The minimum atomic E-state index is 0.623. The van der Waals surface area contributed by atoms with E-state index in [-0.39, 0.29) is 0 Å². The van der Waals surface area contributed by atoms with Crippen LogP contribution < -0.4 is 5.32 Å². The first-order chi connectivity index (χ1) is 8.27. The smallest absolute Gasteiger partial charge is 0.0462 e. The molecule has 0 fully saturated rings. The average molecular weight is 235 g/mol. The van der Waals surface area contributed by atoms with Crippen molar-refractivity contribution >= 4 is 0 Å². The molecule has 96 valence electrons. The summed E-state index contributed by atoms with van der Waals surface area (Å²) in [6.07, 6.45) is 3.61. The molecule has 0 aliphatic carbocycles. The summed E-state index contributed by atoms with van der Waals surface area (Å²) in [7, 11) is 3.79. The van der Waals surface area contributed by atoms with Crippen LogP contribution in [0.4, 0.5) is 0 Å². The van der Waals surface area contributed by atoms with Gasteiger partial charge in [-0.1, -0.05) is 36.2 Å². The maximum atomic E-state index is 5.09. The van der Waals surface area contributed by atoms with Crippen LogP contribution in [0.5, 0.6) is 0 Å². The van der Waals surface area contributed by atoms with E-state index < -0.39 is 0 Å². The Bertz CT molecular complexity index is 294. The third kappa shape index (κ3) is 5.33. The zero-order valence-corrected chi connectivity index (χ0v) is 11.3. The monoisotopic (exact) mass is 235 g/mol. The van der Waals surface area contributed by atoms with Crippen molar-refractivity contribution in [3.8, 4) is 0 Å². The van der Waals surface area contributed by atoms with E-state index in [1.807, 2.05) is 7.05 Å². The number of hydrogen-bond acceptors (Lipinski definition) is 2. The summed E-state index contributed by atoms with van der Waals surface area (Å²) in [5.41, 5.74) is 2.78. The van der Waals surface area contributed by atoms with E-state index >= 15 is 0 Å². The molecule has 1 aromatic carbocycles. The molecule has 2 nitrogen and oxygen atoms in total. The summed E-state index contributed by atoms with van der Waals surface area (Å²) in [4.78, 5) is 0. The first-order valence-electron chi connectivity index (χ1n) is 6.48. The van der Waals surface area contributed by atoms with Crippen molar-refractivity contribution < 1.29 is 4.74 Å². The Labute approximate surface area is 105 Å². The number of hydrogen-bond donors (Lipinski definition) is 1. The van der Waals surface area contributed by atoms with Crippen molar-refractivity contribution in [3.63, 3.8) is 0 Å². The van der Waals surface area contributed by atoms with Crippen LogP contribution in [0.2, 0.25) is 0 Å². The van der Waals surface area contributed by atoms with Gasteiger partial charge < -0.3 is 10.1 Å². The standard InChI is InChI=1S/C15H25NO/c1-13-7-9-14(10-8-13)15(12-16-2)6-4-5-11-17-3/h7-10,15-16H,4-6,11-12H2,1-3H3. The van der Waals surface area contributed by atoms with E-state index in [0.717, 1.165) is 19.6 Å². The number of ether oxygens (including phenoxy) is 1. The van der Waals surface area contributed by atoms with Gasteiger partial charge in [0.1, 0.15) is 0 Å². The average Bonchev–Trinajstić information content (AvgIpc) is 2.34. The minimum absolute atomic E-state index is 0.623. The largest absolute Gasteiger partial charge is 0.385 e. The molecule has 0 aromatic heterocycles. The third-order valence-corrected chi connectivity index (χ3v) is 3.15. The Morgan fingerprint density at radius 1 is 1.18 bits per heavy atom. The lowest BCUT2D eigenvalue weighted by atomic mass is 9.93. The second-order valence-corrected chi connectivity index (χ2v) is 4.65. The van der Waals surface area contributed by atoms with Crippen molar-refractivity contribution in [2.24, 2.45) is 0 Å². The highest BCUT2D eigenvalue weighted by molar-refractivity contribution is 5.24. The highest BCUT2D eigenvalue weighted by Gasteiger charge is 2.09. The normalized spacial score (nSPS) is 12.6. The highest BCUT2D eigenvalue weighted by atomic mass is 16.5. The second-order valence-electron chi connectivity index (χ2n) is 4.65. The number of methoxy groups -OCH3 is 1. The number of aryl methyl sites for hydroxylation is 1. The van der Waals surface area contributed by atoms with Gasteiger partial charge in [0, 0.05) is 20.3 Å². The first kappa shape index (κ1) is 14.2. The van der Waals surface area contributed by atoms with Crippen LogP contribution in [-0.2, 0) is 4.74 Å². The molecule has 0 saturated heterocycles. The summed E-state index contributed by atoms with van der Waals surface area (Å²) in [5, 5.41) is 3.29. The van der Waals surface area contributed by atoms with E-state index in [1.165, 1.54) is 24.0 Å². The summed E-state index contributed by atoms with van der Waals surface area (Å²) < 4.78 is 5.09. The Balaban J connectivity index is 2.49. The van der Waals surface area contributed by atoms with Crippen molar-refractivity contribution in [1.82, 2.24) is 5.32 Å². The van der Waals surface area contributed by atoms with E-state index in [4.69, 9.17) is 4.74 Å². The predicted molar refractivity (Wildman–Crippen MR) is 73.6 cm³/mol. The fourth-order valence-electron chi connectivity index (χ4n) is 2.11. The maximum Gasteiger partial charge on any atom is 0.0462 e. The number of unbranched alkanes of at least 4 members (excludes halogenated alkanes) is 1. The molecule has 17 heavy (non-hydrogen) atoms. The Kier molecular flexibility index (Phi) is 6.90. The second kappa shape index (κ2) is 8.26. The lowest BCUT2D eigenvalue weighted by Gasteiger charge is -2.17. The van der Waals surface area contributed by atoms with Crippen LogP contribution >= 0.6 is 0 Å². The van der Waals surface area contributed by atoms with Crippen LogP contribution in [0.1, 0.15) is 36.3 Å². The van der Waals surface area contributed by atoms with Gasteiger partial charge in [-0.25, -0.2) is 0 Å². The number of benzene rings is 1. The quantitative estimate of drug-likeness (QED) is 0.699. The van der Waals surface area contributed by atoms with Crippen molar-refractivity contribution in [2.45, 2.75) is 32.1 Å². The van der Waals surface area contributed by atoms with E-state index in [1.54, 1.807) is 7.11 Å². The molecule has 0 spiro atoms. The number of likely N-dealkylation sites (N-methyl/N-ethyl adjacent to an activating group) is 1. The van der Waals surface area contributed by atoms with Crippen LogP contribution in [0.15, 0.2) is 24.3 Å². The molecule has 0 radical (unpaired) electrons. The molecule has 1 rings (SSSR count). The fourth-order valence-corrected chi connectivity index (χ4v) is 2.11. The lowest BCUT2D eigenvalue weighted by Crippen LogP contribution is -2.17. The Morgan fingerprint density at radius 2 is 1.88 bits per heavy atom. The molecule has 0 bridgehead atoms. The molecule has 0 amide bonds. The van der Waals surface area contributed by atoms with Gasteiger partial charge >= 0.3 is 0 Å². The molecule has 1 N–H and O–H groups in total. The molecule has 0 aliphatic rings. The van der Waals surface area contributed by atoms with Gasteiger partial charge in [-0.15, -0.1) is 0 Å². The minimum Gasteiger partial charge on any atom is -0.385 e. The predicted octanol–water partition coefficient (Wildman–Crippen LogP) is 3.11. The Morgan fingerprint density at radius 3 is 2.47 bits per heavy atom. The lowest BCUT2D eigenvalue weighted by molar-refractivity contribution is 0.191. The summed E-state index contributed by atoms with van der Waals surface area (Å²) in [6, 6.07) is 8.92. The van der Waals surface area contributed by atoms with Gasteiger partial charge in [0.2, 0.25) is 0 Å². The van der Waals surface area contributed by atoms with E-state index in [9.17, 15) is 0 Å².